The van der Waals surface area contributed by atoms with Gasteiger partial charge in [0, 0.05) is 11.5 Å². The molecular formula is C10H21NO. The lowest BCUT2D eigenvalue weighted by Crippen LogP contribution is -2.48. The van der Waals surface area contributed by atoms with Gasteiger partial charge in [-0.25, -0.2) is 0 Å². The highest BCUT2D eigenvalue weighted by molar-refractivity contribution is 4.90. The molecule has 0 radical (unpaired) electrons. The molecule has 2 nitrogen and oxygen atoms in total. The van der Waals surface area contributed by atoms with E-state index in [2.05, 4.69) is 6.92 Å². The van der Waals surface area contributed by atoms with E-state index in [0.717, 1.165) is 12.8 Å². The zero-order valence-corrected chi connectivity index (χ0v) is 8.38. The molecule has 1 rings (SSSR count). The molecule has 0 aromatic heterocycles. The SMILES string of the molecule is C[C@@H]1CC[C@@H](C(C)(C)N)[C@@H](O)C1. The molecule has 12 heavy (non-hydrogen) atoms. The maximum atomic E-state index is 9.79. The second-order valence-electron chi connectivity index (χ2n) is 4.91. The fourth-order valence-electron chi connectivity index (χ4n) is 2.22. The van der Waals surface area contributed by atoms with Crippen LogP contribution in [0.2, 0.25) is 0 Å². The molecule has 1 saturated carbocycles. The van der Waals surface area contributed by atoms with Crippen molar-refractivity contribution in [1.29, 1.82) is 0 Å². The third kappa shape index (κ3) is 2.20. The maximum absolute atomic E-state index is 9.79. The van der Waals surface area contributed by atoms with E-state index in [1.54, 1.807) is 0 Å². The maximum Gasteiger partial charge on any atom is 0.0588 e. The summed E-state index contributed by atoms with van der Waals surface area (Å²) in [7, 11) is 0. The molecule has 0 aromatic rings. The van der Waals surface area contributed by atoms with Gasteiger partial charge in [-0.1, -0.05) is 13.3 Å². The molecular weight excluding hydrogens is 150 g/mol. The lowest BCUT2D eigenvalue weighted by Gasteiger charge is -2.39. The molecule has 0 unspecified atom stereocenters. The Morgan fingerprint density at radius 3 is 2.33 bits per heavy atom. The van der Waals surface area contributed by atoms with E-state index in [9.17, 15) is 5.11 Å². The molecule has 0 aliphatic heterocycles. The minimum absolute atomic E-state index is 0.186. The molecule has 1 fully saturated rings. The summed E-state index contributed by atoms with van der Waals surface area (Å²) in [6.45, 7) is 6.22. The van der Waals surface area contributed by atoms with Crippen molar-refractivity contribution < 1.29 is 5.11 Å². The summed E-state index contributed by atoms with van der Waals surface area (Å²) in [4.78, 5) is 0. The Hall–Kier alpha value is -0.0800. The van der Waals surface area contributed by atoms with Crippen molar-refractivity contribution in [2.75, 3.05) is 0 Å². The van der Waals surface area contributed by atoms with Gasteiger partial charge in [0.25, 0.3) is 0 Å². The predicted molar refractivity (Wildman–Crippen MR) is 50.8 cm³/mol. The van der Waals surface area contributed by atoms with E-state index >= 15 is 0 Å². The highest BCUT2D eigenvalue weighted by Gasteiger charge is 2.35. The zero-order valence-electron chi connectivity index (χ0n) is 8.38. The molecule has 2 heteroatoms. The van der Waals surface area contributed by atoms with Gasteiger partial charge >= 0.3 is 0 Å². The molecule has 0 amide bonds. The molecule has 3 N–H and O–H groups in total. The van der Waals surface area contributed by atoms with E-state index < -0.39 is 0 Å². The second kappa shape index (κ2) is 3.35. The van der Waals surface area contributed by atoms with Crippen LogP contribution in [0.5, 0.6) is 0 Å². The molecule has 0 spiro atoms. The number of hydrogen-bond acceptors (Lipinski definition) is 2. The van der Waals surface area contributed by atoms with Gasteiger partial charge in [0.2, 0.25) is 0 Å². The van der Waals surface area contributed by atoms with Crippen LogP contribution in [0.1, 0.15) is 40.0 Å². The van der Waals surface area contributed by atoms with Crippen molar-refractivity contribution in [3.05, 3.63) is 0 Å². The largest absolute Gasteiger partial charge is 0.393 e. The van der Waals surface area contributed by atoms with Crippen LogP contribution in [-0.2, 0) is 0 Å². The van der Waals surface area contributed by atoms with Crippen LogP contribution >= 0.6 is 0 Å². The number of rotatable bonds is 1. The Kier molecular flexibility index (Phi) is 2.79. The van der Waals surface area contributed by atoms with Crippen LogP contribution in [-0.4, -0.2) is 16.7 Å². The van der Waals surface area contributed by atoms with E-state index in [1.165, 1.54) is 6.42 Å². The molecule has 0 heterocycles. The Morgan fingerprint density at radius 1 is 1.33 bits per heavy atom. The van der Waals surface area contributed by atoms with Gasteiger partial charge in [0.05, 0.1) is 6.10 Å². The van der Waals surface area contributed by atoms with Crippen LogP contribution in [0.3, 0.4) is 0 Å². The fraction of sp³-hybridized carbons (Fsp3) is 1.00. The summed E-state index contributed by atoms with van der Waals surface area (Å²) in [6.07, 6.45) is 3.02. The van der Waals surface area contributed by atoms with E-state index in [1.807, 2.05) is 13.8 Å². The summed E-state index contributed by atoms with van der Waals surface area (Å²) in [6, 6.07) is 0. The van der Waals surface area contributed by atoms with Crippen molar-refractivity contribution in [3.8, 4) is 0 Å². The van der Waals surface area contributed by atoms with Gasteiger partial charge in [-0.2, -0.15) is 0 Å². The van der Waals surface area contributed by atoms with E-state index in [-0.39, 0.29) is 17.6 Å². The summed E-state index contributed by atoms with van der Waals surface area (Å²) in [5.41, 5.74) is 5.76. The lowest BCUT2D eigenvalue weighted by atomic mass is 9.72. The Balaban J connectivity index is 2.57. The first kappa shape index (κ1) is 10.0. The van der Waals surface area contributed by atoms with E-state index in [4.69, 9.17) is 5.73 Å². The normalized spacial score (nSPS) is 38.2. The van der Waals surface area contributed by atoms with Crippen molar-refractivity contribution in [1.82, 2.24) is 0 Å². The van der Waals surface area contributed by atoms with Crippen LogP contribution in [0, 0.1) is 11.8 Å². The third-order valence-electron chi connectivity index (χ3n) is 3.03. The van der Waals surface area contributed by atoms with Crippen molar-refractivity contribution in [3.63, 3.8) is 0 Å². The number of aliphatic hydroxyl groups excluding tert-OH is 1. The van der Waals surface area contributed by atoms with Crippen LogP contribution in [0.15, 0.2) is 0 Å². The highest BCUT2D eigenvalue weighted by atomic mass is 16.3. The first-order chi connectivity index (χ1) is 5.41. The molecule has 72 valence electrons. The summed E-state index contributed by atoms with van der Waals surface area (Å²) >= 11 is 0. The number of nitrogens with two attached hydrogens (primary N) is 1. The van der Waals surface area contributed by atoms with Gasteiger partial charge in [0.15, 0.2) is 0 Å². The Bertz CT molecular complexity index is 150. The molecule has 0 bridgehead atoms. The average molecular weight is 171 g/mol. The van der Waals surface area contributed by atoms with Gasteiger partial charge in [-0.05, 0) is 32.6 Å². The predicted octanol–water partition coefficient (Wildman–Crippen LogP) is 1.52. The van der Waals surface area contributed by atoms with Crippen molar-refractivity contribution in [2.45, 2.75) is 51.7 Å². The van der Waals surface area contributed by atoms with Crippen molar-refractivity contribution >= 4 is 0 Å². The van der Waals surface area contributed by atoms with Gasteiger partial charge < -0.3 is 10.8 Å². The standard InChI is InChI=1S/C10H21NO/c1-7-4-5-8(9(12)6-7)10(2,3)11/h7-9,12H,4-6,11H2,1-3H3/t7-,8-,9+/m1/s1. The quantitative estimate of drug-likeness (QED) is 0.628. The first-order valence-corrected chi connectivity index (χ1v) is 4.88. The zero-order chi connectivity index (χ0) is 9.35. The molecule has 0 aromatic carbocycles. The van der Waals surface area contributed by atoms with E-state index in [0.29, 0.717) is 5.92 Å². The van der Waals surface area contributed by atoms with Crippen LogP contribution in [0.25, 0.3) is 0 Å². The topological polar surface area (TPSA) is 46.2 Å². The van der Waals surface area contributed by atoms with Gasteiger partial charge in [-0.15, -0.1) is 0 Å². The molecule has 0 saturated heterocycles. The monoisotopic (exact) mass is 171 g/mol. The van der Waals surface area contributed by atoms with Crippen molar-refractivity contribution in [2.24, 2.45) is 17.6 Å². The Morgan fingerprint density at radius 2 is 1.92 bits per heavy atom. The highest BCUT2D eigenvalue weighted by Crippen LogP contribution is 2.34. The van der Waals surface area contributed by atoms with Gasteiger partial charge in [-0.3, -0.25) is 0 Å². The first-order valence-electron chi connectivity index (χ1n) is 4.88. The Labute approximate surface area is 75.2 Å². The average Bonchev–Trinajstić information content (AvgIpc) is 1.83. The fourth-order valence-corrected chi connectivity index (χ4v) is 2.22. The summed E-state index contributed by atoms with van der Waals surface area (Å²) in [5, 5.41) is 9.79. The molecule has 1 aliphatic rings. The summed E-state index contributed by atoms with van der Waals surface area (Å²) in [5.74, 6) is 0.951. The van der Waals surface area contributed by atoms with Gasteiger partial charge in [0.1, 0.15) is 0 Å². The minimum Gasteiger partial charge on any atom is -0.393 e. The second-order valence-corrected chi connectivity index (χ2v) is 4.91. The number of hydrogen-bond donors (Lipinski definition) is 2. The molecule has 1 aliphatic carbocycles. The van der Waals surface area contributed by atoms with Crippen LogP contribution in [0.4, 0.5) is 0 Å². The summed E-state index contributed by atoms with van der Waals surface area (Å²) < 4.78 is 0. The van der Waals surface area contributed by atoms with Crippen LogP contribution < -0.4 is 5.73 Å². The number of aliphatic hydroxyl groups is 1. The third-order valence-corrected chi connectivity index (χ3v) is 3.03. The smallest absolute Gasteiger partial charge is 0.0588 e. The minimum atomic E-state index is -0.223. The lowest BCUT2D eigenvalue weighted by molar-refractivity contribution is 0.0171. The molecule has 3 atom stereocenters.